The number of aryl methyl sites for hydroxylation is 1. The van der Waals surface area contributed by atoms with E-state index in [1.54, 1.807) is 17.0 Å². The molecule has 0 bridgehead atoms. The molecule has 0 radical (unpaired) electrons. The van der Waals surface area contributed by atoms with Crippen LogP contribution in [-0.4, -0.2) is 35.8 Å². The maximum Gasteiger partial charge on any atom is 0.251 e. The van der Waals surface area contributed by atoms with E-state index in [1.807, 2.05) is 32.9 Å². The van der Waals surface area contributed by atoms with E-state index in [-0.39, 0.29) is 17.7 Å². The van der Waals surface area contributed by atoms with Crippen LogP contribution in [0.2, 0.25) is 0 Å². The van der Waals surface area contributed by atoms with E-state index in [1.165, 1.54) is 0 Å². The van der Waals surface area contributed by atoms with Crippen LogP contribution in [0.25, 0.3) is 0 Å². The molecule has 1 aliphatic rings. The molecule has 108 valence electrons. The van der Waals surface area contributed by atoms with E-state index >= 15 is 0 Å². The summed E-state index contributed by atoms with van der Waals surface area (Å²) in [5.74, 6) is -0.0678. The van der Waals surface area contributed by atoms with Crippen LogP contribution >= 0.6 is 0 Å². The molecule has 1 aliphatic heterocycles. The number of likely N-dealkylation sites (tertiary alicyclic amines) is 1. The maximum absolute atomic E-state index is 12.3. The average Bonchev–Trinajstić information content (AvgIpc) is 2.33. The second-order valence-corrected chi connectivity index (χ2v) is 5.74. The molecule has 1 N–H and O–H groups in total. The van der Waals surface area contributed by atoms with Gasteiger partial charge in [0.05, 0.1) is 0 Å². The molecule has 0 saturated carbocycles. The number of hydrogen-bond donors (Lipinski definition) is 1. The van der Waals surface area contributed by atoms with Gasteiger partial charge in [0.1, 0.15) is 6.04 Å². The van der Waals surface area contributed by atoms with Gasteiger partial charge in [-0.25, -0.2) is 0 Å². The van der Waals surface area contributed by atoms with Crippen LogP contribution in [0.5, 0.6) is 0 Å². The van der Waals surface area contributed by atoms with Gasteiger partial charge in [-0.1, -0.05) is 31.5 Å². The lowest BCUT2D eigenvalue weighted by Gasteiger charge is -2.35. The third-order valence-corrected chi connectivity index (χ3v) is 3.70. The van der Waals surface area contributed by atoms with Gasteiger partial charge in [0.15, 0.2) is 0 Å². The lowest BCUT2D eigenvalue weighted by atomic mass is 10.0. The third kappa shape index (κ3) is 3.18. The van der Waals surface area contributed by atoms with Gasteiger partial charge in [0.2, 0.25) is 5.91 Å². The van der Waals surface area contributed by atoms with E-state index in [0.717, 1.165) is 25.1 Å². The third-order valence-electron chi connectivity index (χ3n) is 3.70. The second-order valence-electron chi connectivity index (χ2n) is 5.74. The van der Waals surface area contributed by atoms with E-state index in [4.69, 9.17) is 0 Å². The second kappa shape index (κ2) is 6.07. The van der Waals surface area contributed by atoms with Gasteiger partial charge in [-0.15, -0.1) is 0 Å². The fourth-order valence-corrected chi connectivity index (χ4v) is 2.18. The highest BCUT2D eigenvalue weighted by Gasteiger charge is 2.31. The standard InChI is InChI=1S/C16H22N2O2/c1-11(2)14(16(20)18-9-4-10-18)17-15(19)13-7-5-12(3)6-8-13/h5-8,11,14H,4,9-10H2,1-3H3,(H,17,19). The Labute approximate surface area is 120 Å². The average molecular weight is 274 g/mol. The molecule has 1 atom stereocenters. The predicted octanol–water partition coefficient (Wildman–Crippen LogP) is 1.98. The minimum absolute atomic E-state index is 0.0340. The number of nitrogens with zero attached hydrogens (tertiary/aromatic N) is 1. The van der Waals surface area contributed by atoms with Gasteiger partial charge >= 0.3 is 0 Å². The monoisotopic (exact) mass is 274 g/mol. The number of carbonyl (C=O) groups is 2. The largest absolute Gasteiger partial charge is 0.341 e. The van der Waals surface area contributed by atoms with Crippen molar-refractivity contribution in [3.8, 4) is 0 Å². The fraction of sp³-hybridized carbons (Fsp3) is 0.500. The number of amides is 2. The number of nitrogens with one attached hydrogen (secondary N) is 1. The lowest BCUT2D eigenvalue weighted by molar-refractivity contribution is -0.137. The Hall–Kier alpha value is -1.84. The van der Waals surface area contributed by atoms with E-state index in [0.29, 0.717) is 5.56 Å². The summed E-state index contributed by atoms with van der Waals surface area (Å²) in [5.41, 5.74) is 1.70. The van der Waals surface area contributed by atoms with Gasteiger partial charge in [0, 0.05) is 18.7 Å². The summed E-state index contributed by atoms with van der Waals surface area (Å²) < 4.78 is 0. The van der Waals surface area contributed by atoms with Crippen LogP contribution in [0.4, 0.5) is 0 Å². The lowest BCUT2D eigenvalue weighted by Crippen LogP contribution is -2.55. The molecule has 1 heterocycles. The Balaban J connectivity index is 2.05. The first-order chi connectivity index (χ1) is 9.49. The van der Waals surface area contributed by atoms with Crippen LogP contribution in [0.3, 0.4) is 0 Å². The highest BCUT2D eigenvalue weighted by atomic mass is 16.2. The normalized spacial score (nSPS) is 15.7. The molecule has 4 heteroatoms. The molecule has 2 rings (SSSR count). The first-order valence-corrected chi connectivity index (χ1v) is 7.15. The zero-order valence-electron chi connectivity index (χ0n) is 12.3. The summed E-state index contributed by atoms with van der Waals surface area (Å²) in [7, 11) is 0. The van der Waals surface area contributed by atoms with E-state index in [2.05, 4.69) is 5.32 Å². The van der Waals surface area contributed by atoms with Crippen LogP contribution in [0.15, 0.2) is 24.3 Å². The van der Waals surface area contributed by atoms with Crippen molar-refractivity contribution in [1.82, 2.24) is 10.2 Å². The van der Waals surface area contributed by atoms with Crippen molar-refractivity contribution in [1.29, 1.82) is 0 Å². The molecule has 0 aliphatic carbocycles. The Morgan fingerprint density at radius 1 is 1.15 bits per heavy atom. The Morgan fingerprint density at radius 3 is 2.20 bits per heavy atom. The molecule has 20 heavy (non-hydrogen) atoms. The van der Waals surface area contributed by atoms with Gasteiger partial charge < -0.3 is 10.2 Å². The molecule has 1 saturated heterocycles. The van der Waals surface area contributed by atoms with Crippen molar-refractivity contribution in [3.05, 3.63) is 35.4 Å². The summed E-state index contributed by atoms with van der Waals surface area (Å²) in [6, 6.07) is 6.93. The Bertz CT molecular complexity index is 490. The fourth-order valence-electron chi connectivity index (χ4n) is 2.18. The molecule has 0 aromatic heterocycles. The van der Waals surface area contributed by atoms with Crippen molar-refractivity contribution in [2.24, 2.45) is 5.92 Å². The Kier molecular flexibility index (Phi) is 4.42. The summed E-state index contributed by atoms with van der Waals surface area (Å²) in [6.45, 7) is 7.51. The molecule has 0 spiro atoms. The zero-order valence-corrected chi connectivity index (χ0v) is 12.3. The number of rotatable bonds is 4. The topological polar surface area (TPSA) is 49.4 Å². The van der Waals surface area contributed by atoms with Crippen molar-refractivity contribution in [2.75, 3.05) is 13.1 Å². The molecule has 4 nitrogen and oxygen atoms in total. The first kappa shape index (κ1) is 14.6. The van der Waals surface area contributed by atoms with Crippen LogP contribution in [0.1, 0.15) is 36.2 Å². The number of benzene rings is 1. The van der Waals surface area contributed by atoms with E-state index in [9.17, 15) is 9.59 Å². The van der Waals surface area contributed by atoms with Crippen LogP contribution in [0, 0.1) is 12.8 Å². The Morgan fingerprint density at radius 2 is 1.75 bits per heavy atom. The number of carbonyl (C=O) groups excluding carboxylic acids is 2. The first-order valence-electron chi connectivity index (χ1n) is 7.15. The van der Waals surface area contributed by atoms with Gasteiger partial charge in [-0.2, -0.15) is 0 Å². The molecular weight excluding hydrogens is 252 g/mol. The molecule has 1 aromatic rings. The maximum atomic E-state index is 12.3. The highest BCUT2D eigenvalue weighted by molar-refractivity contribution is 5.97. The summed E-state index contributed by atoms with van der Waals surface area (Å²) in [6.07, 6.45) is 1.06. The SMILES string of the molecule is Cc1ccc(C(=O)NC(C(=O)N2CCC2)C(C)C)cc1. The van der Waals surface area contributed by atoms with Crippen molar-refractivity contribution < 1.29 is 9.59 Å². The summed E-state index contributed by atoms with van der Waals surface area (Å²) in [5, 5.41) is 2.87. The number of hydrogen-bond acceptors (Lipinski definition) is 2. The van der Waals surface area contributed by atoms with Crippen molar-refractivity contribution in [3.63, 3.8) is 0 Å². The highest BCUT2D eigenvalue weighted by Crippen LogP contribution is 2.13. The van der Waals surface area contributed by atoms with Crippen LogP contribution in [-0.2, 0) is 4.79 Å². The smallest absolute Gasteiger partial charge is 0.251 e. The molecule has 1 aromatic carbocycles. The predicted molar refractivity (Wildman–Crippen MR) is 78.5 cm³/mol. The molecule has 2 amide bonds. The van der Waals surface area contributed by atoms with Crippen molar-refractivity contribution in [2.45, 2.75) is 33.2 Å². The van der Waals surface area contributed by atoms with Crippen LogP contribution < -0.4 is 5.32 Å². The van der Waals surface area contributed by atoms with E-state index < -0.39 is 6.04 Å². The van der Waals surface area contributed by atoms with Gasteiger partial charge in [-0.3, -0.25) is 9.59 Å². The zero-order chi connectivity index (χ0) is 14.7. The van der Waals surface area contributed by atoms with Gasteiger partial charge in [0.25, 0.3) is 5.91 Å². The molecular formula is C16H22N2O2. The van der Waals surface area contributed by atoms with Gasteiger partial charge in [-0.05, 0) is 31.4 Å². The minimum atomic E-state index is -0.441. The molecule has 1 unspecified atom stereocenters. The summed E-state index contributed by atoms with van der Waals surface area (Å²) >= 11 is 0. The summed E-state index contributed by atoms with van der Waals surface area (Å²) in [4.78, 5) is 26.3. The minimum Gasteiger partial charge on any atom is -0.341 e. The van der Waals surface area contributed by atoms with Crippen molar-refractivity contribution >= 4 is 11.8 Å². The quantitative estimate of drug-likeness (QED) is 0.912. The molecule has 1 fully saturated rings.